The van der Waals surface area contributed by atoms with Crippen LogP contribution in [0.25, 0.3) is 0 Å². The molecule has 0 bridgehead atoms. The minimum atomic E-state index is -3.85. The second-order valence-electron chi connectivity index (χ2n) is 6.36. The Balaban J connectivity index is 1.73. The Morgan fingerprint density at radius 3 is 2.32 bits per heavy atom. The molecule has 2 amide bonds. The van der Waals surface area contributed by atoms with Gasteiger partial charge in [0.2, 0.25) is 10.0 Å². The first-order valence-corrected chi connectivity index (χ1v) is 10.1. The van der Waals surface area contributed by atoms with Gasteiger partial charge >= 0.3 is 0 Å². The smallest absolute Gasteiger partial charge is 0.265 e. The molecule has 1 aromatic heterocycles. The number of nitrogens with two attached hydrogens (primary N) is 1. The number of rotatable bonds is 4. The Bertz CT molecular complexity index is 1050. The number of amides is 2. The number of aromatic nitrogens is 1. The van der Waals surface area contributed by atoms with Gasteiger partial charge in [0.1, 0.15) is 16.4 Å². The number of benzene rings is 1. The summed E-state index contributed by atoms with van der Waals surface area (Å²) in [5.41, 5.74) is 5.19. The molecule has 2 heterocycles. The maximum atomic E-state index is 14.0. The van der Waals surface area contributed by atoms with E-state index < -0.39 is 27.7 Å². The lowest BCUT2D eigenvalue weighted by Gasteiger charge is -2.33. The van der Waals surface area contributed by atoms with Crippen molar-refractivity contribution in [3.8, 4) is 0 Å². The second kappa shape index (κ2) is 7.53. The van der Waals surface area contributed by atoms with Crippen LogP contribution in [-0.4, -0.2) is 60.2 Å². The molecule has 3 rings (SSSR count). The molecule has 0 spiro atoms. The van der Waals surface area contributed by atoms with Crippen molar-refractivity contribution >= 4 is 33.4 Å². The largest absolute Gasteiger partial charge is 0.364 e. The normalized spacial score (nSPS) is 15.6. The molecule has 2 aromatic rings. The number of carbonyl (C=O) groups excluding carboxylic acids is 2. The number of hydrogen-bond donors (Lipinski definition) is 1. The van der Waals surface area contributed by atoms with Crippen LogP contribution in [0.3, 0.4) is 0 Å². The van der Waals surface area contributed by atoms with E-state index in [-0.39, 0.29) is 47.4 Å². The highest BCUT2D eigenvalue weighted by molar-refractivity contribution is 7.89. The zero-order valence-corrected chi connectivity index (χ0v) is 16.5. The lowest BCUT2D eigenvalue weighted by molar-refractivity contribution is 0.0693. The first kappa shape index (κ1) is 20.3. The highest BCUT2D eigenvalue weighted by atomic mass is 35.5. The summed E-state index contributed by atoms with van der Waals surface area (Å²) in [6.45, 7) is 0.305. The van der Waals surface area contributed by atoms with E-state index in [1.165, 1.54) is 45.2 Å². The van der Waals surface area contributed by atoms with Crippen LogP contribution in [0.1, 0.15) is 20.8 Å². The number of aryl methyl sites for hydroxylation is 1. The molecule has 28 heavy (non-hydrogen) atoms. The van der Waals surface area contributed by atoms with Crippen LogP contribution in [0.2, 0.25) is 5.02 Å². The van der Waals surface area contributed by atoms with Gasteiger partial charge in [0.05, 0.1) is 5.56 Å². The fourth-order valence-electron chi connectivity index (χ4n) is 3.03. The first-order valence-electron chi connectivity index (χ1n) is 8.32. The van der Waals surface area contributed by atoms with E-state index in [1.807, 2.05) is 0 Å². The summed E-state index contributed by atoms with van der Waals surface area (Å²) < 4.78 is 42.1. The Labute approximate surface area is 166 Å². The fraction of sp³-hybridized carbons (Fsp3) is 0.294. The van der Waals surface area contributed by atoms with Gasteiger partial charge in [0, 0.05) is 44.4 Å². The molecule has 8 nitrogen and oxygen atoms in total. The Morgan fingerprint density at radius 2 is 1.79 bits per heavy atom. The van der Waals surface area contributed by atoms with E-state index >= 15 is 0 Å². The van der Waals surface area contributed by atoms with Gasteiger partial charge in [-0.15, -0.1) is 0 Å². The van der Waals surface area contributed by atoms with Crippen molar-refractivity contribution < 1.29 is 22.4 Å². The van der Waals surface area contributed by atoms with Gasteiger partial charge in [-0.1, -0.05) is 11.6 Å². The highest BCUT2D eigenvalue weighted by Crippen LogP contribution is 2.22. The van der Waals surface area contributed by atoms with Crippen LogP contribution in [0.5, 0.6) is 0 Å². The van der Waals surface area contributed by atoms with Crippen molar-refractivity contribution in [1.29, 1.82) is 0 Å². The molecule has 0 atom stereocenters. The molecular formula is C17H18ClFN4O4S. The molecule has 150 valence electrons. The average molecular weight is 429 g/mol. The predicted octanol–water partition coefficient (Wildman–Crippen LogP) is 1.06. The van der Waals surface area contributed by atoms with Crippen LogP contribution in [0, 0.1) is 5.82 Å². The minimum Gasteiger partial charge on any atom is -0.364 e. The molecule has 1 saturated heterocycles. The van der Waals surface area contributed by atoms with Gasteiger partial charge in [-0.3, -0.25) is 9.59 Å². The quantitative estimate of drug-likeness (QED) is 0.785. The van der Waals surface area contributed by atoms with Crippen LogP contribution < -0.4 is 5.73 Å². The van der Waals surface area contributed by atoms with E-state index in [1.54, 1.807) is 0 Å². The number of primary amides is 1. The number of hydrogen-bond acceptors (Lipinski definition) is 4. The van der Waals surface area contributed by atoms with E-state index in [0.717, 1.165) is 6.07 Å². The molecule has 0 aliphatic carbocycles. The zero-order chi connectivity index (χ0) is 20.6. The van der Waals surface area contributed by atoms with Gasteiger partial charge in [-0.2, -0.15) is 4.31 Å². The zero-order valence-electron chi connectivity index (χ0n) is 14.9. The summed E-state index contributed by atoms with van der Waals surface area (Å²) in [6, 6.07) is 5.00. The van der Waals surface area contributed by atoms with Crippen LogP contribution in [0.15, 0.2) is 35.4 Å². The van der Waals surface area contributed by atoms with E-state index in [4.69, 9.17) is 17.3 Å². The van der Waals surface area contributed by atoms with Gasteiger partial charge in [-0.25, -0.2) is 12.8 Å². The average Bonchev–Trinajstić information content (AvgIpc) is 3.04. The first-order chi connectivity index (χ1) is 13.1. The van der Waals surface area contributed by atoms with Gasteiger partial charge in [0.15, 0.2) is 0 Å². The number of carbonyl (C=O) groups is 2. The maximum absolute atomic E-state index is 14.0. The van der Waals surface area contributed by atoms with Crippen molar-refractivity contribution in [2.75, 3.05) is 26.2 Å². The summed E-state index contributed by atoms with van der Waals surface area (Å²) in [5, 5.41) is 0.183. The maximum Gasteiger partial charge on any atom is 0.265 e. The second-order valence-corrected chi connectivity index (χ2v) is 8.73. The summed E-state index contributed by atoms with van der Waals surface area (Å²) in [6.07, 6.45) is 1.32. The molecular weight excluding hydrogens is 411 g/mol. The molecule has 1 aromatic carbocycles. The van der Waals surface area contributed by atoms with Crippen molar-refractivity contribution in [3.05, 3.63) is 52.6 Å². The van der Waals surface area contributed by atoms with Crippen molar-refractivity contribution in [2.24, 2.45) is 12.8 Å². The molecule has 1 aliphatic heterocycles. The van der Waals surface area contributed by atoms with Crippen LogP contribution in [0.4, 0.5) is 4.39 Å². The fourth-order valence-corrected chi connectivity index (χ4v) is 4.69. The third-order valence-electron chi connectivity index (χ3n) is 4.56. The lowest BCUT2D eigenvalue weighted by atomic mass is 10.1. The summed E-state index contributed by atoms with van der Waals surface area (Å²) in [7, 11) is -2.33. The number of halogens is 2. The summed E-state index contributed by atoms with van der Waals surface area (Å²) in [5.74, 6) is -1.98. The van der Waals surface area contributed by atoms with E-state index in [9.17, 15) is 22.4 Å². The number of nitrogens with zero attached hydrogens (tertiary/aromatic N) is 3. The monoisotopic (exact) mass is 428 g/mol. The molecule has 0 radical (unpaired) electrons. The summed E-state index contributed by atoms with van der Waals surface area (Å²) >= 11 is 5.70. The van der Waals surface area contributed by atoms with E-state index in [2.05, 4.69) is 0 Å². The lowest BCUT2D eigenvalue weighted by Crippen LogP contribution is -2.50. The molecule has 11 heteroatoms. The molecule has 1 fully saturated rings. The topological polar surface area (TPSA) is 106 Å². The SMILES string of the molecule is Cn1cc(S(=O)(=O)N2CCN(C(=O)c3ccc(Cl)cc3F)CC2)cc1C(N)=O. The molecule has 2 N–H and O–H groups in total. The standard InChI is InChI=1S/C17H18ClFN4O4S/c1-21-10-12(9-15(21)16(20)24)28(26,27)23-6-4-22(5-7-23)17(25)13-3-2-11(18)8-14(13)19/h2-3,8-10H,4-7H2,1H3,(H2,20,24). The van der Waals surface area contributed by atoms with Crippen molar-refractivity contribution in [2.45, 2.75) is 4.90 Å². The number of sulfonamides is 1. The highest BCUT2D eigenvalue weighted by Gasteiger charge is 2.32. The minimum absolute atomic E-state index is 0.0457. The van der Waals surface area contributed by atoms with Crippen LogP contribution >= 0.6 is 11.6 Å². The Hall–Kier alpha value is -2.43. The van der Waals surface area contributed by atoms with E-state index in [0.29, 0.717) is 0 Å². The third kappa shape index (κ3) is 3.75. The van der Waals surface area contributed by atoms with Gasteiger partial charge in [0.25, 0.3) is 11.8 Å². The predicted molar refractivity (Wildman–Crippen MR) is 100 cm³/mol. The third-order valence-corrected chi connectivity index (χ3v) is 6.66. The van der Waals surface area contributed by atoms with Crippen molar-refractivity contribution in [3.63, 3.8) is 0 Å². The van der Waals surface area contributed by atoms with Gasteiger partial charge in [-0.05, 0) is 24.3 Å². The summed E-state index contributed by atoms with van der Waals surface area (Å²) in [4.78, 5) is 25.2. The molecule has 0 unspecified atom stereocenters. The number of piperazine rings is 1. The van der Waals surface area contributed by atoms with Gasteiger partial charge < -0.3 is 15.2 Å². The Kier molecular flexibility index (Phi) is 5.46. The molecule has 0 saturated carbocycles. The van der Waals surface area contributed by atoms with Crippen LogP contribution in [-0.2, 0) is 17.1 Å². The molecule has 1 aliphatic rings. The van der Waals surface area contributed by atoms with Crippen molar-refractivity contribution in [1.82, 2.24) is 13.8 Å². The Morgan fingerprint density at radius 1 is 1.14 bits per heavy atom.